The summed E-state index contributed by atoms with van der Waals surface area (Å²) in [4.78, 5) is 2.62. The predicted octanol–water partition coefficient (Wildman–Crippen LogP) is 3.20. The number of benzene rings is 2. The summed E-state index contributed by atoms with van der Waals surface area (Å²) >= 11 is 0. The second-order valence-corrected chi connectivity index (χ2v) is 8.74. The lowest BCUT2D eigenvalue weighted by Gasteiger charge is -2.35. The van der Waals surface area contributed by atoms with Gasteiger partial charge in [0, 0.05) is 24.0 Å². The zero-order valence-electron chi connectivity index (χ0n) is 14.9. The summed E-state index contributed by atoms with van der Waals surface area (Å²) in [5, 5.41) is 0. The van der Waals surface area contributed by atoms with Crippen molar-refractivity contribution >= 4 is 21.4 Å². The number of nitrogens with one attached hydrogen (secondary N) is 1. The van der Waals surface area contributed by atoms with E-state index in [1.165, 1.54) is 5.56 Å². The van der Waals surface area contributed by atoms with Crippen LogP contribution < -0.4 is 9.62 Å². The first-order valence-electron chi connectivity index (χ1n) is 9.12. The third kappa shape index (κ3) is 3.44. The van der Waals surface area contributed by atoms with Gasteiger partial charge in [-0.05, 0) is 73.7 Å². The molecule has 0 radical (unpaired) electrons. The van der Waals surface area contributed by atoms with Crippen LogP contribution in [0.25, 0.3) is 0 Å². The van der Waals surface area contributed by atoms with Crippen molar-refractivity contribution in [3.05, 3.63) is 53.6 Å². The van der Waals surface area contributed by atoms with Crippen molar-refractivity contribution in [1.82, 2.24) is 0 Å². The van der Waals surface area contributed by atoms with Gasteiger partial charge in [-0.15, -0.1) is 0 Å². The van der Waals surface area contributed by atoms with Crippen LogP contribution >= 0.6 is 0 Å². The van der Waals surface area contributed by atoms with Crippen molar-refractivity contribution in [3.63, 3.8) is 0 Å². The van der Waals surface area contributed by atoms with Crippen LogP contribution in [-0.4, -0.2) is 34.2 Å². The van der Waals surface area contributed by atoms with Gasteiger partial charge in [0.25, 0.3) is 10.0 Å². The molecule has 0 saturated carbocycles. The van der Waals surface area contributed by atoms with Crippen LogP contribution in [0.3, 0.4) is 0 Å². The summed E-state index contributed by atoms with van der Waals surface area (Å²) in [5.74, 6) is 0. The number of hydrogen-bond acceptors (Lipinski definition) is 4. The van der Waals surface area contributed by atoms with Crippen molar-refractivity contribution in [2.24, 2.45) is 0 Å². The van der Waals surface area contributed by atoms with E-state index in [0.717, 1.165) is 43.7 Å². The minimum Gasteiger partial charge on any atom is -0.377 e. The molecule has 2 aliphatic rings. The molecule has 0 aromatic heterocycles. The van der Waals surface area contributed by atoms with E-state index in [2.05, 4.69) is 16.5 Å². The summed E-state index contributed by atoms with van der Waals surface area (Å²) in [6.45, 7) is 4.41. The fourth-order valence-corrected chi connectivity index (χ4v) is 4.87. The molecule has 1 saturated heterocycles. The number of ether oxygens (including phenoxy) is 1. The molecule has 0 spiro atoms. The predicted molar refractivity (Wildman–Crippen MR) is 103 cm³/mol. The van der Waals surface area contributed by atoms with Crippen molar-refractivity contribution in [3.8, 4) is 0 Å². The second kappa shape index (κ2) is 6.93. The van der Waals surface area contributed by atoms with Crippen LogP contribution in [0.4, 0.5) is 11.4 Å². The third-order valence-electron chi connectivity index (χ3n) is 5.20. The average molecular weight is 372 g/mol. The Morgan fingerprint density at radius 1 is 1.08 bits per heavy atom. The summed E-state index contributed by atoms with van der Waals surface area (Å²) in [6.07, 6.45) is 3.11. The molecule has 6 heteroatoms. The normalized spacial score (nSPS) is 20.0. The highest BCUT2D eigenvalue weighted by Gasteiger charge is 2.20. The van der Waals surface area contributed by atoms with Gasteiger partial charge in [0.1, 0.15) is 0 Å². The molecule has 2 aromatic carbocycles. The lowest BCUT2D eigenvalue weighted by molar-refractivity contribution is 0.0989. The minimum atomic E-state index is -3.57. The largest absolute Gasteiger partial charge is 0.377 e. The standard InChI is InChI=1S/C20H24N2O3S/c1-15-14-25-12-11-22(15)19-8-6-18(7-9-19)21-26(23,24)20-10-5-16-3-2-4-17(16)13-20/h5-10,13,15,21H,2-4,11-12,14H2,1H3. The maximum absolute atomic E-state index is 12.7. The van der Waals surface area contributed by atoms with Gasteiger partial charge in [0.2, 0.25) is 0 Å². The highest BCUT2D eigenvalue weighted by molar-refractivity contribution is 7.92. The topological polar surface area (TPSA) is 58.6 Å². The highest BCUT2D eigenvalue weighted by atomic mass is 32.2. The molecule has 1 unspecified atom stereocenters. The SMILES string of the molecule is CC1COCCN1c1ccc(NS(=O)(=O)c2ccc3c(c2)CCC3)cc1. The van der Waals surface area contributed by atoms with Crippen LogP contribution in [-0.2, 0) is 27.6 Å². The Bertz CT molecular complexity index is 894. The Morgan fingerprint density at radius 2 is 1.85 bits per heavy atom. The molecule has 1 fully saturated rings. The summed E-state index contributed by atoms with van der Waals surface area (Å²) in [5.41, 5.74) is 4.09. The molecule has 138 valence electrons. The fraction of sp³-hybridized carbons (Fsp3) is 0.400. The number of hydrogen-bond donors (Lipinski definition) is 1. The zero-order valence-corrected chi connectivity index (χ0v) is 15.8. The lowest BCUT2D eigenvalue weighted by Crippen LogP contribution is -2.43. The van der Waals surface area contributed by atoms with Crippen molar-refractivity contribution in [2.45, 2.75) is 37.1 Å². The van der Waals surface area contributed by atoms with E-state index in [9.17, 15) is 8.42 Å². The van der Waals surface area contributed by atoms with Gasteiger partial charge in [0.15, 0.2) is 0 Å². The van der Waals surface area contributed by atoms with E-state index in [-0.39, 0.29) is 0 Å². The van der Waals surface area contributed by atoms with Gasteiger partial charge >= 0.3 is 0 Å². The number of nitrogens with zero attached hydrogens (tertiary/aromatic N) is 1. The molecule has 1 atom stereocenters. The number of anilines is 2. The first-order valence-corrected chi connectivity index (χ1v) is 10.6. The van der Waals surface area contributed by atoms with Gasteiger partial charge < -0.3 is 9.64 Å². The Hall–Kier alpha value is -2.05. The molecule has 1 heterocycles. The number of rotatable bonds is 4. The van der Waals surface area contributed by atoms with E-state index >= 15 is 0 Å². The summed E-state index contributed by atoms with van der Waals surface area (Å²) in [6, 6.07) is 13.3. The third-order valence-corrected chi connectivity index (χ3v) is 6.58. The first kappa shape index (κ1) is 17.4. The van der Waals surface area contributed by atoms with Gasteiger partial charge in [-0.1, -0.05) is 6.07 Å². The average Bonchev–Trinajstić information content (AvgIpc) is 3.10. The molecule has 1 aliphatic carbocycles. The van der Waals surface area contributed by atoms with Gasteiger partial charge in [0.05, 0.1) is 18.1 Å². The van der Waals surface area contributed by atoms with E-state index in [1.54, 1.807) is 6.07 Å². The molecule has 26 heavy (non-hydrogen) atoms. The molecule has 4 rings (SSSR count). The second-order valence-electron chi connectivity index (χ2n) is 7.05. The van der Waals surface area contributed by atoms with Crippen molar-refractivity contribution in [1.29, 1.82) is 0 Å². The van der Waals surface area contributed by atoms with Crippen LogP contribution in [0.5, 0.6) is 0 Å². The molecular formula is C20H24N2O3S. The fourth-order valence-electron chi connectivity index (χ4n) is 3.76. The monoisotopic (exact) mass is 372 g/mol. The van der Waals surface area contributed by atoms with E-state index in [1.807, 2.05) is 36.4 Å². The number of morpholine rings is 1. The zero-order chi connectivity index (χ0) is 18.1. The van der Waals surface area contributed by atoms with E-state index < -0.39 is 10.0 Å². The van der Waals surface area contributed by atoms with Crippen LogP contribution in [0.2, 0.25) is 0 Å². The quantitative estimate of drug-likeness (QED) is 0.895. The van der Waals surface area contributed by atoms with E-state index in [0.29, 0.717) is 23.2 Å². The molecule has 0 bridgehead atoms. The maximum Gasteiger partial charge on any atom is 0.261 e. The minimum absolute atomic E-state index is 0.317. The van der Waals surface area contributed by atoms with Crippen LogP contribution in [0.15, 0.2) is 47.4 Å². The van der Waals surface area contributed by atoms with Gasteiger partial charge in [-0.25, -0.2) is 8.42 Å². The van der Waals surface area contributed by atoms with Gasteiger partial charge in [-0.2, -0.15) is 0 Å². The Labute approximate surface area is 155 Å². The molecular weight excluding hydrogens is 348 g/mol. The van der Waals surface area contributed by atoms with Crippen molar-refractivity contribution < 1.29 is 13.2 Å². The van der Waals surface area contributed by atoms with E-state index in [4.69, 9.17) is 4.74 Å². The molecule has 1 N–H and O–H groups in total. The van der Waals surface area contributed by atoms with Crippen LogP contribution in [0, 0.1) is 0 Å². The molecule has 5 nitrogen and oxygen atoms in total. The first-order chi connectivity index (χ1) is 12.5. The Morgan fingerprint density at radius 3 is 2.62 bits per heavy atom. The maximum atomic E-state index is 12.7. The lowest BCUT2D eigenvalue weighted by atomic mass is 10.1. The smallest absolute Gasteiger partial charge is 0.261 e. The molecule has 0 amide bonds. The number of aryl methyl sites for hydroxylation is 2. The number of sulfonamides is 1. The van der Waals surface area contributed by atoms with Crippen LogP contribution in [0.1, 0.15) is 24.5 Å². The Balaban J connectivity index is 1.51. The Kier molecular flexibility index (Phi) is 4.63. The molecule has 2 aromatic rings. The number of fused-ring (bicyclic) bond motifs is 1. The summed E-state index contributed by atoms with van der Waals surface area (Å²) < 4.78 is 33.6. The van der Waals surface area contributed by atoms with Crippen molar-refractivity contribution in [2.75, 3.05) is 29.4 Å². The highest BCUT2D eigenvalue weighted by Crippen LogP contribution is 2.27. The molecule has 1 aliphatic heterocycles. The summed E-state index contributed by atoms with van der Waals surface area (Å²) in [7, 11) is -3.57. The van der Waals surface area contributed by atoms with Gasteiger partial charge in [-0.3, -0.25) is 4.72 Å².